The van der Waals surface area contributed by atoms with Crippen LogP contribution in [0.5, 0.6) is 0 Å². The summed E-state index contributed by atoms with van der Waals surface area (Å²) in [5.41, 5.74) is 3.23. The van der Waals surface area contributed by atoms with Gasteiger partial charge in [0.25, 0.3) is 35.4 Å². The lowest BCUT2D eigenvalue weighted by Crippen LogP contribution is -2.28. The summed E-state index contributed by atoms with van der Waals surface area (Å²) in [4.78, 5) is 108. The van der Waals surface area contributed by atoms with Gasteiger partial charge in [0.1, 0.15) is 34.2 Å². The minimum absolute atomic E-state index is 0.0376. The smallest absolute Gasteiger partial charge is 0.272 e. The van der Waals surface area contributed by atoms with Gasteiger partial charge in [-0.25, -0.2) is 0 Å². The van der Waals surface area contributed by atoms with Gasteiger partial charge in [-0.2, -0.15) is 0 Å². The maximum atomic E-state index is 14.2. The Hall–Kier alpha value is -8.64. The fourth-order valence-electron chi connectivity index (χ4n) is 7.87. The largest absolute Gasteiger partial charge is 0.351 e. The molecule has 0 aromatic carbocycles. The highest BCUT2D eigenvalue weighted by molar-refractivity contribution is 6.09. The molecule has 0 aliphatic carbocycles. The van der Waals surface area contributed by atoms with Crippen molar-refractivity contribution in [3.63, 3.8) is 0 Å². The highest BCUT2D eigenvalue weighted by Crippen LogP contribution is 2.24. The Balaban J connectivity index is 1.29. The first kappa shape index (κ1) is 52.7. The summed E-state index contributed by atoms with van der Waals surface area (Å²) in [5, 5.41) is 22.2. The predicted octanol–water partition coefficient (Wildman–Crippen LogP) is 2.85. The summed E-state index contributed by atoms with van der Waals surface area (Å²) in [5.74, 6) is -2.86. The van der Waals surface area contributed by atoms with Crippen LogP contribution in [0.15, 0.2) is 73.6 Å². The standard InChI is InChI=1S/C48H62N16O8/c1-57(2)13-9-11-49-43(67)37-19-33(25-61(37)7)53-47(71)41-21-35(55-45(69)39-17-31(51-29-65)23-59(39)5)27-63(41)15-16-64-28-36(56-46(70)40-18-32(52-30-66)24-60(40)6)22-42(64)48(72)54-34-20-38(62(8)26-34)44(68)50-12-10-14-58(3)4/h17-30H,9-16H2,1-8H3,(H,49,67)(H,50,68)(H,51,65)(H,52,66)(H,53,71)(H,54,72)(H,55,69)(H,56,70). The Morgan fingerprint density at radius 1 is 0.417 bits per heavy atom. The quantitative estimate of drug-likeness (QED) is 0.0307. The van der Waals surface area contributed by atoms with E-state index in [-0.39, 0.29) is 59.1 Å². The van der Waals surface area contributed by atoms with Gasteiger partial charge in [-0.15, -0.1) is 0 Å². The van der Waals surface area contributed by atoms with E-state index in [1.54, 1.807) is 95.8 Å². The summed E-state index contributed by atoms with van der Waals surface area (Å²) in [7, 11) is 14.4. The van der Waals surface area contributed by atoms with Gasteiger partial charge in [-0.1, -0.05) is 0 Å². The van der Waals surface area contributed by atoms with Crippen molar-refractivity contribution in [2.75, 3.05) is 86.3 Å². The second kappa shape index (κ2) is 23.8. The van der Waals surface area contributed by atoms with E-state index in [1.807, 2.05) is 38.0 Å². The Labute approximate surface area is 415 Å². The van der Waals surface area contributed by atoms with Crippen LogP contribution < -0.4 is 42.5 Å². The van der Waals surface area contributed by atoms with Crippen molar-refractivity contribution < 1.29 is 38.4 Å². The van der Waals surface area contributed by atoms with Crippen LogP contribution in [0.4, 0.5) is 34.1 Å². The van der Waals surface area contributed by atoms with Crippen LogP contribution in [-0.4, -0.2) is 140 Å². The third-order valence-electron chi connectivity index (χ3n) is 11.4. The van der Waals surface area contributed by atoms with Gasteiger partial charge in [-0.3, -0.25) is 38.4 Å². The number of nitrogens with zero attached hydrogens (tertiary/aromatic N) is 8. The molecule has 0 bridgehead atoms. The molecule has 0 radical (unpaired) electrons. The van der Waals surface area contributed by atoms with Gasteiger partial charge in [0.15, 0.2) is 0 Å². The van der Waals surface area contributed by atoms with E-state index in [0.29, 0.717) is 60.0 Å². The molecule has 6 aromatic rings. The molecule has 24 nitrogen and oxygen atoms in total. The number of hydrogen-bond donors (Lipinski definition) is 8. The van der Waals surface area contributed by atoms with Gasteiger partial charge in [0, 0.05) is 91.6 Å². The summed E-state index contributed by atoms with van der Waals surface area (Å²) in [6.07, 6.45) is 11.9. The third kappa shape index (κ3) is 13.6. The maximum Gasteiger partial charge on any atom is 0.272 e. The Kier molecular flexibility index (Phi) is 17.4. The van der Waals surface area contributed by atoms with E-state index in [9.17, 15) is 38.4 Å². The Morgan fingerprint density at radius 3 is 1.03 bits per heavy atom. The Bertz CT molecular complexity index is 2760. The fraction of sp³-hybridized carbons (Fsp3) is 0.333. The highest BCUT2D eigenvalue weighted by Gasteiger charge is 2.23. The first-order valence-corrected chi connectivity index (χ1v) is 22.9. The normalized spacial score (nSPS) is 11.1. The molecule has 6 rings (SSSR count). The van der Waals surface area contributed by atoms with Crippen LogP contribution in [0.3, 0.4) is 0 Å². The minimum atomic E-state index is -0.582. The zero-order chi connectivity index (χ0) is 52.2. The van der Waals surface area contributed by atoms with E-state index >= 15 is 0 Å². The Morgan fingerprint density at radius 2 is 0.694 bits per heavy atom. The van der Waals surface area contributed by atoms with Gasteiger partial charge in [-0.05, 0) is 90.5 Å². The topological polar surface area (TPSA) is 269 Å². The van der Waals surface area contributed by atoms with Gasteiger partial charge in [0.05, 0.1) is 34.1 Å². The molecule has 6 heterocycles. The van der Waals surface area contributed by atoms with Crippen LogP contribution in [0.25, 0.3) is 0 Å². The van der Waals surface area contributed by atoms with Gasteiger partial charge < -0.3 is 79.7 Å². The molecule has 8 N–H and O–H groups in total. The molecule has 72 heavy (non-hydrogen) atoms. The average molecular weight is 991 g/mol. The zero-order valence-corrected chi connectivity index (χ0v) is 41.6. The molecule has 0 aliphatic heterocycles. The number of amides is 8. The summed E-state index contributed by atoms with van der Waals surface area (Å²) in [6, 6.07) is 9.06. The van der Waals surface area contributed by atoms with Crippen molar-refractivity contribution in [2.24, 2.45) is 28.2 Å². The number of carbonyl (C=O) groups excluding carboxylic acids is 8. The van der Waals surface area contributed by atoms with E-state index in [4.69, 9.17) is 0 Å². The molecule has 382 valence electrons. The fourth-order valence-corrected chi connectivity index (χ4v) is 7.87. The van der Waals surface area contributed by atoms with Crippen molar-refractivity contribution >= 4 is 82.4 Å². The zero-order valence-electron chi connectivity index (χ0n) is 41.6. The molecule has 24 heteroatoms. The van der Waals surface area contributed by atoms with Crippen LogP contribution >= 0.6 is 0 Å². The molecular weight excluding hydrogens is 929 g/mol. The van der Waals surface area contributed by atoms with Crippen molar-refractivity contribution in [3.05, 3.63) is 108 Å². The minimum Gasteiger partial charge on any atom is -0.351 e. The molecule has 0 saturated carbocycles. The number of anilines is 6. The number of rotatable bonds is 25. The molecular formula is C48H62N16O8. The molecule has 0 spiro atoms. The van der Waals surface area contributed by atoms with Crippen molar-refractivity contribution in [1.29, 1.82) is 0 Å². The second-order valence-corrected chi connectivity index (χ2v) is 17.7. The number of carbonyl (C=O) groups is 8. The molecule has 0 fully saturated rings. The van der Waals surface area contributed by atoms with Gasteiger partial charge in [0.2, 0.25) is 12.8 Å². The summed E-state index contributed by atoms with van der Waals surface area (Å²) < 4.78 is 9.43. The lowest BCUT2D eigenvalue weighted by molar-refractivity contribution is -0.106. The SMILES string of the molecule is CN(C)CCCNC(=O)c1cc(NC(=O)c2cc(NC(=O)c3cc(NC=O)cn3C)cn2CCn2cc(NC(=O)c3cc(NC=O)cn3C)cc2C(=O)Nc2cc(C(=O)NCCCN(C)C)n(C)c2)cn1C. The van der Waals surface area contributed by atoms with Crippen molar-refractivity contribution in [1.82, 2.24) is 47.8 Å². The van der Waals surface area contributed by atoms with Crippen LogP contribution in [0.1, 0.15) is 75.8 Å². The summed E-state index contributed by atoms with van der Waals surface area (Å²) in [6.45, 7) is 2.58. The molecule has 0 saturated heterocycles. The van der Waals surface area contributed by atoms with Crippen LogP contribution in [-0.2, 0) is 50.9 Å². The van der Waals surface area contributed by atoms with Crippen LogP contribution in [0.2, 0.25) is 0 Å². The number of aryl methyl sites for hydroxylation is 6. The molecule has 0 aliphatic rings. The third-order valence-corrected chi connectivity index (χ3v) is 11.4. The lowest BCUT2D eigenvalue weighted by atomic mass is 10.3. The monoisotopic (exact) mass is 990 g/mol. The number of hydrogen-bond acceptors (Lipinski definition) is 10. The first-order chi connectivity index (χ1) is 34.3. The lowest BCUT2D eigenvalue weighted by Gasteiger charge is -2.12. The molecule has 0 unspecified atom stereocenters. The molecule has 0 atom stereocenters. The average Bonchev–Trinajstić information content (AvgIpc) is 4.19. The molecule has 6 aromatic heterocycles. The summed E-state index contributed by atoms with van der Waals surface area (Å²) >= 11 is 0. The predicted molar refractivity (Wildman–Crippen MR) is 273 cm³/mol. The van der Waals surface area contributed by atoms with Crippen molar-refractivity contribution in [3.8, 4) is 0 Å². The highest BCUT2D eigenvalue weighted by atomic mass is 16.2. The number of nitrogens with one attached hydrogen (secondary N) is 8. The van der Waals surface area contributed by atoms with Crippen molar-refractivity contribution in [2.45, 2.75) is 25.9 Å². The van der Waals surface area contributed by atoms with E-state index in [2.05, 4.69) is 42.5 Å². The first-order valence-electron chi connectivity index (χ1n) is 22.9. The number of aromatic nitrogens is 6. The maximum absolute atomic E-state index is 14.2. The molecule has 8 amide bonds. The van der Waals surface area contributed by atoms with E-state index < -0.39 is 23.6 Å². The van der Waals surface area contributed by atoms with Gasteiger partial charge >= 0.3 is 0 Å². The second-order valence-electron chi connectivity index (χ2n) is 17.7. The van der Waals surface area contributed by atoms with Crippen LogP contribution in [0, 0.1) is 0 Å². The van der Waals surface area contributed by atoms with E-state index in [0.717, 1.165) is 25.9 Å². The van der Waals surface area contributed by atoms with E-state index in [1.165, 1.54) is 33.4 Å².